The number of amides is 2. The maximum absolute atomic E-state index is 12.4. The van der Waals surface area contributed by atoms with Gasteiger partial charge in [0.05, 0.1) is 24.3 Å². The molecule has 140 valence electrons. The zero-order chi connectivity index (χ0) is 18.0. The molecule has 3 rings (SSSR count). The van der Waals surface area contributed by atoms with Crippen LogP contribution in [0, 0.1) is 0 Å². The van der Waals surface area contributed by atoms with E-state index in [0.717, 1.165) is 9.78 Å². The summed E-state index contributed by atoms with van der Waals surface area (Å²) in [5, 5.41) is 19.1. The van der Waals surface area contributed by atoms with Crippen molar-refractivity contribution in [3.8, 4) is 0 Å². The number of fused-ring (bicyclic) bond motifs is 1. The Hall–Kier alpha value is -0.734. The minimum atomic E-state index is -1.46. The summed E-state index contributed by atoms with van der Waals surface area (Å²) in [6, 6.07) is 2.95. The van der Waals surface area contributed by atoms with Crippen molar-refractivity contribution in [2.75, 3.05) is 12.9 Å². The van der Waals surface area contributed by atoms with E-state index in [4.69, 9.17) is 0 Å². The van der Waals surface area contributed by atoms with Crippen molar-refractivity contribution in [3.05, 3.63) is 33.7 Å². The van der Waals surface area contributed by atoms with E-state index in [1.54, 1.807) is 0 Å². The van der Waals surface area contributed by atoms with Gasteiger partial charge >= 0.3 is 51.4 Å². The van der Waals surface area contributed by atoms with Crippen LogP contribution in [0.25, 0.3) is 0 Å². The number of hydrogen-bond acceptors (Lipinski definition) is 8. The first-order valence-electron chi connectivity index (χ1n) is 7.30. The van der Waals surface area contributed by atoms with E-state index in [0.29, 0.717) is 11.3 Å². The van der Waals surface area contributed by atoms with Gasteiger partial charge in [-0.3, -0.25) is 14.5 Å². The molecule has 1 fully saturated rings. The summed E-state index contributed by atoms with van der Waals surface area (Å²) < 4.78 is 0. The van der Waals surface area contributed by atoms with Crippen LogP contribution in [0.5, 0.6) is 0 Å². The fraction of sp³-hybridized carbons (Fsp3) is 0.333. The van der Waals surface area contributed by atoms with Crippen LogP contribution in [-0.2, 0) is 25.6 Å². The Labute approximate surface area is 205 Å². The first kappa shape index (κ1) is 24.3. The van der Waals surface area contributed by atoms with E-state index >= 15 is 0 Å². The van der Waals surface area contributed by atoms with E-state index in [1.165, 1.54) is 36.4 Å². The molecule has 12 heteroatoms. The van der Waals surface area contributed by atoms with E-state index < -0.39 is 23.3 Å². The van der Waals surface area contributed by atoms with Gasteiger partial charge in [-0.05, 0) is 11.4 Å². The fourth-order valence-corrected chi connectivity index (χ4v) is 4.64. The normalized spacial score (nSPS) is 20.9. The van der Waals surface area contributed by atoms with E-state index in [2.05, 4.69) is 15.3 Å². The Balaban J connectivity index is 0.00000182. The molecule has 0 aromatic carbocycles. The second kappa shape index (κ2) is 10.7. The topological polar surface area (TPSA) is 143 Å². The summed E-state index contributed by atoms with van der Waals surface area (Å²) in [5.41, 5.74) is 0.109. The average molecular weight is 438 g/mol. The average Bonchev–Trinajstić information content (AvgIpc) is 3.09. The molecule has 0 unspecified atom stereocenters. The molecule has 0 radical (unpaired) electrons. The molecular weight excluding hydrogens is 421 g/mol. The van der Waals surface area contributed by atoms with Crippen LogP contribution in [0.3, 0.4) is 0 Å². The van der Waals surface area contributed by atoms with Crippen LogP contribution in [-0.4, -0.2) is 58.7 Å². The van der Waals surface area contributed by atoms with Crippen LogP contribution in [0.15, 0.2) is 33.9 Å². The molecule has 1 aromatic heterocycles. The molecular formula is C15H16KN3O6S2. The van der Waals surface area contributed by atoms with Crippen molar-refractivity contribution in [2.24, 2.45) is 5.16 Å². The number of carbonyl (C=O) groups excluding carboxylic acids is 3. The van der Waals surface area contributed by atoms with Crippen LogP contribution in [0.2, 0.25) is 0 Å². The van der Waals surface area contributed by atoms with Gasteiger partial charge in [0.25, 0.3) is 5.91 Å². The van der Waals surface area contributed by atoms with Crippen LogP contribution >= 0.6 is 23.1 Å². The van der Waals surface area contributed by atoms with Crippen LogP contribution in [0.4, 0.5) is 0 Å². The first-order chi connectivity index (χ1) is 12.0. The van der Waals surface area contributed by atoms with Gasteiger partial charge in [0.2, 0.25) is 5.91 Å². The molecule has 1 aromatic rings. The Kier molecular flexibility index (Phi) is 9.64. The molecule has 0 aliphatic carbocycles. The molecule has 2 aliphatic rings. The van der Waals surface area contributed by atoms with Gasteiger partial charge in [-0.1, -0.05) is 11.2 Å². The number of thioether (sulfide) groups is 1. The van der Waals surface area contributed by atoms with Crippen molar-refractivity contribution in [3.63, 3.8) is 0 Å². The number of carboxylic acid groups (broad SMARTS) is 1. The standard InChI is InChI=1S/C15H15N3O5S2.K.H2O/c1-23-16-6-8-7-25-14-11(13(20)18(14)12(8)15(21)22)17-10(19)5-9-3-2-4-24-9;;/h2-4,6,11,14H,5,7H2,1H3,(H,17,19)(H,21,22);;1H2/q;+1;/p-1/b16-6+;;/t11-,14-;;/m1../s1. The molecule has 0 saturated carbocycles. The maximum Gasteiger partial charge on any atom is 1.00 e. The summed E-state index contributed by atoms with van der Waals surface area (Å²) >= 11 is 2.81. The monoisotopic (exact) mass is 437 g/mol. The quantitative estimate of drug-likeness (QED) is 0.206. The molecule has 2 atom stereocenters. The second-order valence-corrected chi connectivity index (χ2v) is 7.43. The molecule has 2 aliphatic heterocycles. The number of rotatable bonds is 6. The van der Waals surface area contributed by atoms with Gasteiger partial charge in [-0.25, -0.2) is 0 Å². The van der Waals surface area contributed by atoms with Gasteiger partial charge in [0.1, 0.15) is 18.5 Å². The number of thiophene rings is 1. The summed E-state index contributed by atoms with van der Waals surface area (Å²) in [4.78, 5) is 42.5. The van der Waals surface area contributed by atoms with Gasteiger partial charge < -0.3 is 25.5 Å². The van der Waals surface area contributed by atoms with Crippen molar-refractivity contribution in [1.82, 2.24) is 10.2 Å². The second-order valence-electron chi connectivity index (χ2n) is 5.29. The van der Waals surface area contributed by atoms with Crippen molar-refractivity contribution >= 4 is 47.1 Å². The number of carbonyl (C=O) groups is 3. The predicted molar refractivity (Wildman–Crippen MR) is 94.2 cm³/mol. The third kappa shape index (κ3) is 5.20. The molecule has 3 N–H and O–H groups in total. The molecule has 0 spiro atoms. The Morgan fingerprint density at radius 3 is 2.85 bits per heavy atom. The molecule has 3 heterocycles. The number of hydrogen-bond donors (Lipinski definition) is 1. The Bertz CT molecular complexity index is 768. The minimum absolute atomic E-state index is 0. The van der Waals surface area contributed by atoms with Crippen molar-refractivity contribution < 1.29 is 81.2 Å². The number of oxime groups is 1. The number of β-lactam (4-membered cyclic amide) rings is 1. The summed E-state index contributed by atoms with van der Waals surface area (Å²) in [5.74, 6) is -1.88. The van der Waals surface area contributed by atoms with E-state index in [-0.39, 0.29) is 74.9 Å². The summed E-state index contributed by atoms with van der Waals surface area (Å²) in [6.45, 7) is 0. The molecule has 0 bridgehead atoms. The molecule has 9 nitrogen and oxygen atoms in total. The minimum Gasteiger partial charge on any atom is -0.543 e. The number of nitrogens with zero attached hydrogens (tertiary/aromatic N) is 2. The first-order valence-corrected chi connectivity index (χ1v) is 9.23. The predicted octanol–water partition coefficient (Wildman–Crippen LogP) is -4.49. The Morgan fingerprint density at radius 2 is 2.26 bits per heavy atom. The molecule has 27 heavy (non-hydrogen) atoms. The molecule has 1 saturated heterocycles. The zero-order valence-electron chi connectivity index (χ0n) is 14.6. The zero-order valence-corrected chi connectivity index (χ0v) is 19.4. The summed E-state index contributed by atoms with van der Waals surface area (Å²) in [6.07, 6.45) is 1.44. The van der Waals surface area contributed by atoms with Gasteiger partial charge in [0.15, 0.2) is 0 Å². The largest absolute Gasteiger partial charge is 1.00 e. The maximum atomic E-state index is 12.4. The van der Waals surface area contributed by atoms with Gasteiger partial charge in [0, 0.05) is 16.2 Å². The van der Waals surface area contributed by atoms with Crippen LogP contribution < -0.4 is 61.8 Å². The summed E-state index contributed by atoms with van der Waals surface area (Å²) in [7, 11) is 1.34. The van der Waals surface area contributed by atoms with Gasteiger partial charge in [-0.2, -0.15) is 0 Å². The smallest absolute Gasteiger partial charge is 0.543 e. The number of nitrogens with one attached hydrogen (secondary N) is 1. The third-order valence-electron chi connectivity index (χ3n) is 3.74. The van der Waals surface area contributed by atoms with E-state index in [1.807, 2.05) is 17.5 Å². The van der Waals surface area contributed by atoms with Gasteiger partial charge in [-0.15, -0.1) is 23.1 Å². The fourth-order valence-electron chi connectivity index (χ4n) is 2.64. The van der Waals surface area contributed by atoms with Crippen molar-refractivity contribution in [2.45, 2.75) is 17.8 Å². The van der Waals surface area contributed by atoms with Crippen LogP contribution in [0.1, 0.15) is 4.88 Å². The van der Waals surface area contributed by atoms with Crippen molar-refractivity contribution in [1.29, 1.82) is 0 Å². The SMILES string of the molecule is CO/N=C/C1=C(C(=O)[O-])N2C(=O)[C@@H](NC(=O)Cc3cccs3)[C@H]2SC1.O.[K+]. The molecule has 2 amide bonds. The number of aliphatic carboxylic acids is 1. The Morgan fingerprint density at radius 1 is 1.52 bits per heavy atom. The number of carboxylic acids is 1. The third-order valence-corrected chi connectivity index (χ3v) is 5.92. The van der Waals surface area contributed by atoms with E-state index in [9.17, 15) is 19.5 Å².